The van der Waals surface area contributed by atoms with Gasteiger partial charge in [0, 0.05) is 19.5 Å². The maximum Gasteiger partial charge on any atom is 0.315 e. The summed E-state index contributed by atoms with van der Waals surface area (Å²) < 4.78 is 25.6. The summed E-state index contributed by atoms with van der Waals surface area (Å²) in [5.41, 5.74) is -1.75. The molecule has 2 aliphatic carbocycles. The van der Waals surface area contributed by atoms with Crippen LogP contribution in [0.25, 0.3) is 0 Å². The minimum Gasteiger partial charge on any atom is -0.346 e. The second-order valence-corrected chi connectivity index (χ2v) is 18.8. The molecular weight excluding hydrogens is 646 g/mol. The van der Waals surface area contributed by atoms with Crippen LogP contribution in [0.1, 0.15) is 106 Å². The second kappa shape index (κ2) is 16.1. The Balaban J connectivity index is 1.87. The Morgan fingerprint density at radius 3 is 2.22 bits per heavy atom. The van der Waals surface area contributed by atoms with E-state index < -0.39 is 73.2 Å². The van der Waals surface area contributed by atoms with Gasteiger partial charge in [-0.15, -0.1) is 18.9 Å². The molecule has 3 rings (SSSR count). The number of rotatable bonds is 13. The van der Waals surface area contributed by atoms with Gasteiger partial charge < -0.3 is 26.2 Å². The predicted molar refractivity (Wildman–Crippen MR) is 189 cm³/mol. The van der Waals surface area contributed by atoms with Crippen molar-refractivity contribution in [2.75, 3.05) is 18.8 Å². The van der Waals surface area contributed by atoms with Crippen LogP contribution in [-0.4, -0.2) is 90.1 Å². The van der Waals surface area contributed by atoms with Crippen LogP contribution in [0, 0.1) is 29.6 Å². The van der Waals surface area contributed by atoms with Crippen LogP contribution in [-0.2, 0) is 29.0 Å². The molecule has 1 unspecified atom stereocenters. The van der Waals surface area contributed by atoms with Crippen molar-refractivity contribution in [3.8, 4) is 12.3 Å². The molecule has 0 aromatic heterocycles. The van der Waals surface area contributed by atoms with Crippen LogP contribution in [0.2, 0.25) is 0 Å². The topological polar surface area (TPSA) is 171 Å². The number of amides is 5. The Bertz CT molecular complexity index is 1420. The van der Waals surface area contributed by atoms with Crippen LogP contribution < -0.4 is 21.3 Å². The summed E-state index contributed by atoms with van der Waals surface area (Å²) in [5.74, 6) is -0.512. The molecule has 5 amide bonds. The molecule has 12 nitrogen and oxygen atoms in total. The first-order valence-corrected chi connectivity index (χ1v) is 19.2. The molecule has 1 saturated heterocycles. The third-order valence-electron chi connectivity index (χ3n) is 10.3. The third-order valence-corrected chi connectivity index (χ3v) is 13.1. The molecule has 3 fully saturated rings. The first kappa shape index (κ1) is 40.0. The summed E-state index contributed by atoms with van der Waals surface area (Å²) in [6.07, 6.45) is 13.0. The molecule has 2 saturated carbocycles. The summed E-state index contributed by atoms with van der Waals surface area (Å²) in [5, 5.41) is 11.0. The number of carbonyl (C=O) groups is 5. The number of fused-ring (bicyclic) bond motifs is 1. The minimum absolute atomic E-state index is 0.0520. The number of Topliss-reactive ketones (excluding diaryl/α,β-unsaturated/α-hetero) is 1. The molecule has 0 spiro atoms. The van der Waals surface area contributed by atoms with E-state index in [-0.39, 0.29) is 37.0 Å². The van der Waals surface area contributed by atoms with E-state index >= 15 is 0 Å². The molecule has 5 atom stereocenters. The Hall–Kier alpha value is -3.40. The molecule has 3 aliphatic rings. The predicted octanol–water partition coefficient (Wildman–Crippen LogP) is 3.01. The zero-order valence-electron chi connectivity index (χ0n) is 30.2. The molecule has 1 heterocycles. The Labute approximate surface area is 292 Å². The lowest BCUT2D eigenvalue weighted by atomic mass is 9.83. The molecule has 0 aromatic carbocycles. The van der Waals surface area contributed by atoms with Crippen LogP contribution >= 0.6 is 0 Å². The highest BCUT2D eigenvalue weighted by Gasteiger charge is 2.52. The van der Waals surface area contributed by atoms with Crippen molar-refractivity contribution in [3.05, 3.63) is 12.7 Å². The van der Waals surface area contributed by atoms with Crippen molar-refractivity contribution in [1.82, 2.24) is 26.2 Å². The number of terminal acetylenes is 1. The summed E-state index contributed by atoms with van der Waals surface area (Å²) in [4.78, 5) is 69.3. The number of ketones is 1. The zero-order chi connectivity index (χ0) is 36.8. The van der Waals surface area contributed by atoms with Gasteiger partial charge in [-0.3, -0.25) is 19.2 Å². The third kappa shape index (κ3) is 9.86. The Morgan fingerprint density at radius 2 is 1.65 bits per heavy atom. The van der Waals surface area contributed by atoms with Gasteiger partial charge in [0.05, 0.1) is 22.1 Å². The number of urea groups is 1. The van der Waals surface area contributed by atoms with E-state index in [0.717, 1.165) is 32.1 Å². The monoisotopic (exact) mass is 703 g/mol. The number of likely N-dealkylation sites (tertiary alicyclic amines) is 1. The number of hydrogen-bond donors (Lipinski definition) is 4. The SMILES string of the molecule is C#CCCC(NC(=O)[C@@H]1[C@H]2CCC[C@H]2CN1C(=O)[C@@H](NC(=O)NC1(CS(=O)(=O)C(C)(C)C)CCCCC1)C(C)(C)C)C(=O)C(=O)NCC=C. The van der Waals surface area contributed by atoms with Crippen molar-refractivity contribution < 1.29 is 32.4 Å². The highest BCUT2D eigenvalue weighted by atomic mass is 32.2. The highest BCUT2D eigenvalue weighted by Crippen LogP contribution is 2.43. The van der Waals surface area contributed by atoms with Gasteiger partial charge in [0.1, 0.15) is 12.1 Å². The fourth-order valence-electron chi connectivity index (χ4n) is 7.37. The van der Waals surface area contributed by atoms with Crippen LogP contribution in [0.5, 0.6) is 0 Å². The molecule has 0 aromatic rings. The molecule has 274 valence electrons. The van der Waals surface area contributed by atoms with Gasteiger partial charge in [0.25, 0.3) is 5.91 Å². The molecular formula is C36H57N5O7S. The molecule has 1 aliphatic heterocycles. The summed E-state index contributed by atoms with van der Waals surface area (Å²) in [7, 11) is -3.57. The lowest BCUT2D eigenvalue weighted by Crippen LogP contribution is -2.64. The highest BCUT2D eigenvalue weighted by molar-refractivity contribution is 7.92. The zero-order valence-corrected chi connectivity index (χ0v) is 31.0. The summed E-state index contributed by atoms with van der Waals surface area (Å²) in [6.45, 7) is 14.3. The average Bonchev–Trinajstić information content (AvgIpc) is 3.60. The van der Waals surface area contributed by atoms with Gasteiger partial charge in [-0.25, -0.2) is 13.2 Å². The van der Waals surface area contributed by atoms with Gasteiger partial charge in [-0.2, -0.15) is 0 Å². The first-order valence-electron chi connectivity index (χ1n) is 17.5. The second-order valence-electron chi connectivity index (χ2n) is 16.1. The van der Waals surface area contributed by atoms with E-state index in [4.69, 9.17) is 6.42 Å². The number of hydrogen-bond acceptors (Lipinski definition) is 7. The molecule has 13 heteroatoms. The smallest absolute Gasteiger partial charge is 0.315 e. The maximum absolute atomic E-state index is 14.5. The first-order chi connectivity index (χ1) is 22.8. The maximum atomic E-state index is 14.5. The van der Waals surface area contributed by atoms with Gasteiger partial charge in [0.2, 0.25) is 17.6 Å². The van der Waals surface area contributed by atoms with Crippen LogP contribution in [0.3, 0.4) is 0 Å². The van der Waals surface area contributed by atoms with Crippen LogP contribution in [0.4, 0.5) is 4.79 Å². The number of carbonyl (C=O) groups excluding carboxylic acids is 5. The standard InChI is InChI=1S/C36H57N5O7S/c1-9-11-18-26(28(42)31(44)37-21-10-2)38-30(43)27-25-17-15-16-24(25)22-41(27)32(45)29(34(3,4)5)39-33(46)40-36(19-13-12-14-20-36)23-49(47,48)35(6,7)8/h1,10,24-27,29H,2,11-23H2,3-8H3,(H,37,44)(H,38,43)(H2,39,40,46)/t24-,25-,26?,27-,29+/m0/s1. The lowest BCUT2D eigenvalue weighted by Gasteiger charge is -2.41. The fraction of sp³-hybridized carbons (Fsp3) is 0.750. The van der Waals surface area contributed by atoms with Crippen molar-refractivity contribution in [3.63, 3.8) is 0 Å². The fourth-order valence-corrected chi connectivity index (χ4v) is 8.89. The van der Waals surface area contributed by atoms with Crippen molar-refractivity contribution in [2.24, 2.45) is 17.3 Å². The Kier molecular flexibility index (Phi) is 13.1. The number of nitrogens with one attached hydrogen (secondary N) is 4. The van der Waals surface area contributed by atoms with E-state index in [9.17, 15) is 32.4 Å². The van der Waals surface area contributed by atoms with Gasteiger partial charge in [-0.05, 0) is 70.1 Å². The molecule has 0 radical (unpaired) electrons. The van der Waals surface area contributed by atoms with E-state index in [2.05, 4.69) is 33.8 Å². The van der Waals surface area contributed by atoms with Gasteiger partial charge >= 0.3 is 6.03 Å². The van der Waals surface area contributed by atoms with Crippen molar-refractivity contribution in [1.29, 1.82) is 0 Å². The largest absolute Gasteiger partial charge is 0.346 e. The summed E-state index contributed by atoms with van der Waals surface area (Å²) in [6, 6.07) is -3.77. The molecule has 4 N–H and O–H groups in total. The molecule has 0 bridgehead atoms. The van der Waals surface area contributed by atoms with Gasteiger partial charge in [0.15, 0.2) is 9.84 Å². The van der Waals surface area contributed by atoms with Crippen molar-refractivity contribution >= 4 is 39.4 Å². The molecule has 49 heavy (non-hydrogen) atoms. The van der Waals surface area contributed by atoms with E-state index in [1.165, 1.54) is 11.0 Å². The van der Waals surface area contributed by atoms with Gasteiger partial charge in [-0.1, -0.05) is 52.5 Å². The summed E-state index contributed by atoms with van der Waals surface area (Å²) >= 11 is 0. The number of nitrogens with zero attached hydrogens (tertiary/aromatic N) is 1. The minimum atomic E-state index is -3.57. The number of sulfone groups is 1. The lowest BCUT2D eigenvalue weighted by molar-refractivity contribution is -0.144. The van der Waals surface area contributed by atoms with E-state index in [1.807, 2.05) is 20.8 Å². The Morgan fingerprint density at radius 1 is 1.00 bits per heavy atom. The average molecular weight is 704 g/mol. The van der Waals surface area contributed by atoms with Crippen molar-refractivity contribution in [2.45, 2.75) is 134 Å². The van der Waals surface area contributed by atoms with E-state index in [1.54, 1.807) is 20.8 Å². The van der Waals surface area contributed by atoms with Crippen LogP contribution in [0.15, 0.2) is 12.7 Å². The quantitative estimate of drug-likeness (QED) is 0.130. The van der Waals surface area contributed by atoms with E-state index in [0.29, 0.717) is 25.8 Å². The normalized spacial score (nSPS) is 23.3.